The highest BCUT2D eigenvalue weighted by Gasteiger charge is 2.18. The largest absolute Gasteiger partial charge is 0.482 e. The van der Waals surface area contributed by atoms with E-state index < -0.39 is 36.6 Å². The van der Waals surface area contributed by atoms with Gasteiger partial charge in [-0.15, -0.1) is 0 Å². The summed E-state index contributed by atoms with van der Waals surface area (Å²) in [5.41, 5.74) is 0.774. The summed E-state index contributed by atoms with van der Waals surface area (Å²) >= 11 is 0. The molecule has 0 aromatic heterocycles. The molecule has 28 heavy (non-hydrogen) atoms. The topological polar surface area (TPSA) is 111 Å². The lowest BCUT2D eigenvalue weighted by Crippen LogP contribution is -2.31. The molecule has 3 rings (SSSR count). The lowest BCUT2D eigenvalue weighted by atomic mass is 10.1. The molecule has 0 saturated heterocycles. The van der Waals surface area contributed by atoms with Crippen LogP contribution in [0.5, 0.6) is 5.75 Å². The van der Waals surface area contributed by atoms with Gasteiger partial charge in [-0.1, -0.05) is 0 Å². The van der Waals surface area contributed by atoms with Crippen molar-refractivity contribution in [3.05, 3.63) is 59.4 Å². The first-order valence-corrected chi connectivity index (χ1v) is 8.21. The first-order chi connectivity index (χ1) is 13.4. The number of rotatable bonds is 6. The average molecular weight is 386 g/mol. The Morgan fingerprint density at radius 2 is 1.82 bits per heavy atom. The third-order valence-corrected chi connectivity index (χ3v) is 3.80. The molecule has 2 amide bonds. The van der Waals surface area contributed by atoms with Gasteiger partial charge in [0.2, 0.25) is 0 Å². The zero-order valence-electron chi connectivity index (χ0n) is 14.5. The van der Waals surface area contributed by atoms with Gasteiger partial charge in [0.15, 0.2) is 19.0 Å². The van der Waals surface area contributed by atoms with E-state index in [1.165, 1.54) is 30.3 Å². The predicted molar refractivity (Wildman–Crippen MR) is 94.6 cm³/mol. The van der Waals surface area contributed by atoms with Crippen LogP contribution in [0.2, 0.25) is 0 Å². The Balaban J connectivity index is 1.48. The van der Waals surface area contributed by atoms with Crippen molar-refractivity contribution in [2.45, 2.75) is 0 Å². The highest BCUT2D eigenvalue weighted by Crippen LogP contribution is 2.28. The first kappa shape index (κ1) is 19.0. The Morgan fingerprint density at radius 1 is 1.11 bits per heavy atom. The van der Waals surface area contributed by atoms with Crippen LogP contribution >= 0.6 is 0 Å². The molecule has 2 N–H and O–H groups in total. The molecule has 1 heterocycles. The highest BCUT2D eigenvalue weighted by atomic mass is 19.1. The molecule has 0 aliphatic carbocycles. The summed E-state index contributed by atoms with van der Waals surface area (Å²) in [6.07, 6.45) is 0. The van der Waals surface area contributed by atoms with E-state index in [0.717, 1.165) is 12.1 Å². The number of benzene rings is 2. The lowest BCUT2D eigenvalue weighted by Gasteiger charge is -2.18. The molecule has 1 aliphatic rings. The van der Waals surface area contributed by atoms with Gasteiger partial charge in [-0.05, 0) is 42.5 Å². The second kappa shape index (κ2) is 8.30. The molecule has 0 spiro atoms. The van der Waals surface area contributed by atoms with Crippen molar-refractivity contribution >= 4 is 29.3 Å². The molecule has 0 saturated carbocycles. The number of amides is 2. The van der Waals surface area contributed by atoms with Crippen molar-refractivity contribution in [3.63, 3.8) is 0 Å². The number of esters is 1. The molecule has 0 unspecified atom stereocenters. The maximum absolute atomic E-state index is 12.8. The summed E-state index contributed by atoms with van der Waals surface area (Å²) in [5.74, 6) is -2.24. The number of ketones is 1. The monoisotopic (exact) mass is 386 g/mol. The molecular weight excluding hydrogens is 371 g/mol. The van der Waals surface area contributed by atoms with Crippen LogP contribution in [0, 0.1) is 5.82 Å². The molecule has 1 aliphatic heterocycles. The fourth-order valence-corrected chi connectivity index (χ4v) is 2.39. The van der Waals surface area contributed by atoms with Crippen LogP contribution < -0.4 is 15.4 Å². The molecule has 0 atom stereocenters. The van der Waals surface area contributed by atoms with Crippen LogP contribution in [0.4, 0.5) is 10.1 Å². The quantitative estimate of drug-likeness (QED) is 0.572. The van der Waals surface area contributed by atoms with Crippen molar-refractivity contribution in [2.75, 3.05) is 25.1 Å². The molecule has 0 bridgehead atoms. The van der Waals surface area contributed by atoms with Gasteiger partial charge in [-0.3, -0.25) is 19.2 Å². The normalized spacial score (nSPS) is 12.2. The number of hydrogen-bond donors (Lipinski definition) is 2. The number of carbonyl (C=O) groups is 4. The third-order valence-electron chi connectivity index (χ3n) is 3.80. The van der Waals surface area contributed by atoms with Gasteiger partial charge in [-0.2, -0.15) is 0 Å². The average Bonchev–Trinajstić information content (AvgIpc) is 2.70. The number of fused-ring (bicyclic) bond motifs is 1. The molecule has 0 fully saturated rings. The Hall–Kier alpha value is -3.75. The summed E-state index contributed by atoms with van der Waals surface area (Å²) in [6.45, 7) is -1.07. The van der Waals surface area contributed by atoms with E-state index in [2.05, 4.69) is 10.6 Å². The van der Waals surface area contributed by atoms with Gasteiger partial charge in [-0.25, -0.2) is 4.39 Å². The van der Waals surface area contributed by atoms with Crippen LogP contribution in [-0.4, -0.2) is 43.3 Å². The summed E-state index contributed by atoms with van der Waals surface area (Å²) < 4.78 is 22.9. The lowest BCUT2D eigenvalue weighted by molar-refractivity contribution is -0.141. The van der Waals surface area contributed by atoms with Crippen molar-refractivity contribution in [3.8, 4) is 5.75 Å². The standard InChI is InChI=1S/C19H15FN2O6/c20-13-4-1-11(2-5-13)19(26)21-8-18(25)28-9-15(23)12-3-6-16-14(7-12)22-17(24)10-27-16/h1-7H,8-10H2,(H,21,26)(H,22,24). The minimum atomic E-state index is -0.807. The van der Waals surface area contributed by atoms with E-state index in [-0.39, 0.29) is 23.6 Å². The van der Waals surface area contributed by atoms with Gasteiger partial charge in [0.05, 0.1) is 5.69 Å². The van der Waals surface area contributed by atoms with E-state index in [1.54, 1.807) is 0 Å². The number of halogens is 1. The van der Waals surface area contributed by atoms with Crippen molar-refractivity contribution in [1.82, 2.24) is 5.32 Å². The van der Waals surface area contributed by atoms with E-state index in [0.29, 0.717) is 11.4 Å². The van der Waals surface area contributed by atoms with E-state index >= 15 is 0 Å². The number of carbonyl (C=O) groups excluding carboxylic acids is 4. The van der Waals surface area contributed by atoms with Crippen LogP contribution in [0.25, 0.3) is 0 Å². The molecule has 0 radical (unpaired) electrons. The predicted octanol–water partition coefficient (Wildman–Crippen LogP) is 1.31. The summed E-state index contributed by atoms with van der Waals surface area (Å²) in [5, 5.41) is 4.89. The molecular formula is C19H15FN2O6. The minimum Gasteiger partial charge on any atom is -0.482 e. The Labute approximate surface area is 158 Å². The Morgan fingerprint density at radius 3 is 2.57 bits per heavy atom. The zero-order valence-corrected chi connectivity index (χ0v) is 14.5. The summed E-state index contributed by atoms with van der Waals surface area (Å²) in [6, 6.07) is 9.25. The fourth-order valence-electron chi connectivity index (χ4n) is 2.39. The molecule has 2 aromatic rings. The smallest absolute Gasteiger partial charge is 0.325 e. The highest BCUT2D eigenvalue weighted by molar-refractivity contribution is 6.02. The van der Waals surface area contributed by atoms with Crippen molar-refractivity contribution in [2.24, 2.45) is 0 Å². The minimum absolute atomic E-state index is 0.0957. The third kappa shape index (κ3) is 4.70. The van der Waals surface area contributed by atoms with Gasteiger partial charge < -0.3 is 20.1 Å². The fraction of sp³-hybridized carbons (Fsp3) is 0.158. The second-order valence-electron chi connectivity index (χ2n) is 5.82. The first-order valence-electron chi connectivity index (χ1n) is 8.21. The molecule has 144 valence electrons. The molecule has 2 aromatic carbocycles. The van der Waals surface area contributed by atoms with Gasteiger partial charge in [0.1, 0.15) is 18.1 Å². The van der Waals surface area contributed by atoms with E-state index in [9.17, 15) is 23.6 Å². The van der Waals surface area contributed by atoms with Crippen LogP contribution in [0.3, 0.4) is 0 Å². The van der Waals surface area contributed by atoms with Gasteiger partial charge in [0.25, 0.3) is 11.8 Å². The van der Waals surface area contributed by atoms with Crippen LogP contribution in [0.1, 0.15) is 20.7 Å². The number of ether oxygens (including phenoxy) is 2. The van der Waals surface area contributed by atoms with Crippen molar-refractivity contribution in [1.29, 1.82) is 0 Å². The maximum atomic E-state index is 12.8. The van der Waals surface area contributed by atoms with Gasteiger partial charge >= 0.3 is 5.97 Å². The zero-order chi connectivity index (χ0) is 20.1. The Bertz CT molecular complexity index is 942. The number of hydrogen-bond acceptors (Lipinski definition) is 6. The Kier molecular flexibility index (Phi) is 5.64. The van der Waals surface area contributed by atoms with Crippen LogP contribution in [-0.2, 0) is 14.3 Å². The second-order valence-corrected chi connectivity index (χ2v) is 5.82. The van der Waals surface area contributed by atoms with Crippen LogP contribution in [0.15, 0.2) is 42.5 Å². The van der Waals surface area contributed by atoms with Crippen molar-refractivity contribution < 1.29 is 33.0 Å². The number of nitrogens with one attached hydrogen (secondary N) is 2. The van der Waals surface area contributed by atoms with E-state index in [1.807, 2.05) is 0 Å². The number of anilines is 1. The van der Waals surface area contributed by atoms with E-state index in [4.69, 9.17) is 9.47 Å². The molecule has 9 heteroatoms. The summed E-state index contributed by atoms with van der Waals surface area (Å²) in [4.78, 5) is 47.0. The SMILES string of the molecule is O=C1COc2ccc(C(=O)COC(=O)CNC(=O)c3ccc(F)cc3)cc2N1. The number of Topliss-reactive ketones (excluding diaryl/α,β-unsaturated/α-hetero) is 1. The van der Waals surface area contributed by atoms with Gasteiger partial charge in [0, 0.05) is 11.1 Å². The summed E-state index contributed by atoms with van der Waals surface area (Å²) in [7, 11) is 0. The maximum Gasteiger partial charge on any atom is 0.325 e. The molecule has 8 nitrogen and oxygen atoms in total.